The molecule has 25 heavy (non-hydrogen) atoms. The summed E-state index contributed by atoms with van der Waals surface area (Å²) in [5, 5.41) is 7.70. The zero-order valence-corrected chi connectivity index (χ0v) is 14.2. The maximum atomic E-state index is 12.5. The van der Waals surface area contributed by atoms with Gasteiger partial charge in [-0.15, -0.1) is 0 Å². The van der Waals surface area contributed by atoms with Gasteiger partial charge in [0.1, 0.15) is 0 Å². The molecule has 4 heterocycles. The molecule has 1 atom stereocenters. The number of fused-ring (bicyclic) bond motifs is 1. The van der Waals surface area contributed by atoms with Gasteiger partial charge >= 0.3 is 6.03 Å². The molecule has 0 bridgehead atoms. The number of carbonyl (C=O) groups excluding carboxylic acids is 1. The van der Waals surface area contributed by atoms with Crippen LogP contribution in [0.4, 0.5) is 4.79 Å². The molecule has 7 nitrogen and oxygen atoms in total. The molecule has 2 amide bonds. The molecule has 1 saturated heterocycles. The van der Waals surface area contributed by atoms with Crippen molar-refractivity contribution in [1.29, 1.82) is 0 Å². The summed E-state index contributed by atoms with van der Waals surface area (Å²) in [6.45, 7) is 3.54. The fourth-order valence-corrected chi connectivity index (χ4v) is 3.41. The van der Waals surface area contributed by atoms with E-state index in [0.717, 1.165) is 55.9 Å². The van der Waals surface area contributed by atoms with E-state index >= 15 is 0 Å². The molecular formula is C18H23N5O2. The van der Waals surface area contributed by atoms with Crippen LogP contribution in [-0.4, -0.2) is 51.5 Å². The maximum Gasteiger partial charge on any atom is 0.317 e. The summed E-state index contributed by atoms with van der Waals surface area (Å²) < 4.78 is 7.58. The van der Waals surface area contributed by atoms with Crippen LogP contribution < -0.4 is 5.32 Å². The molecule has 0 aliphatic carbocycles. The third-order valence-electron chi connectivity index (χ3n) is 4.76. The van der Waals surface area contributed by atoms with Crippen molar-refractivity contribution in [2.45, 2.75) is 38.5 Å². The molecule has 2 aromatic rings. The lowest BCUT2D eigenvalue weighted by molar-refractivity contribution is 0.108. The van der Waals surface area contributed by atoms with Crippen LogP contribution in [0.15, 0.2) is 30.6 Å². The molecule has 1 fully saturated rings. The number of amides is 2. The second-order valence-electron chi connectivity index (χ2n) is 6.58. The molecule has 0 saturated carbocycles. The van der Waals surface area contributed by atoms with Crippen molar-refractivity contribution in [3.05, 3.63) is 36.3 Å². The van der Waals surface area contributed by atoms with E-state index in [1.807, 2.05) is 27.9 Å². The first kappa shape index (κ1) is 16.1. The van der Waals surface area contributed by atoms with Crippen molar-refractivity contribution in [3.63, 3.8) is 0 Å². The normalized spacial score (nSPS) is 20.2. The predicted molar refractivity (Wildman–Crippen MR) is 92.9 cm³/mol. The van der Waals surface area contributed by atoms with E-state index in [4.69, 9.17) is 4.74 Å². The number of ether oxygens (including phenoxy) is 1. The summed E-state index contributed by atoms with van der Waals surface area (Å²) in [5.74, 6) is 0. The van der Waals surface area contributed by atoms with Gasteiger partial charge in [0.2, 0.25) is 0 Å². The molecule has 7 heteroatoms. The van der Waals surface area contributed by atoms with Crippen molar-refractivity contribution >= 4 is 6.03 Å². The van der Waals surface area contributed by atoms with Crippen molar-refractivity contribution in [2.75, 3.05) is 19.7 Å². The van der Waals surface area contributed by atoms with Crippen molar-refractivity contribution in [1.82, 2.24) is 25.0 Å². The Kier molecular flexibility index (Phi) is 4.65. The van der Waals surface area contributed by atoms with E-state index in [-0.39, 0.29) is 12.1 Å². The van der Waals surface area contributed by atoms with E-state index in [0.29, 0.717) is 13.1 Å². The van der Waals surface area contributed by atoms with Crippen LogP contribution in [0.2, 0.25) is 0 Å². The van der Waals surface area contributed by atoms with E-state index in [1.165, 1.54) is 0 Å². The first-order chi connectivity index (χ1) is 12.3. The number of hydrogen-bond acceptors (Lipinski definition) is 4. The molecule has 2 aliphatic heterocycles. The number of aromatic nitrogens is 3. The Labute approximate surface area is 147 Å². The lowest BCUT2D eigenvalue weighted by Gasteiger charge is -2.21. The number of aryl methyl sites for hydroxylation is 1. The lowest BCUT2D eigenvalue weighted by atomic mass is 10.2. The molecule has 1 N–H and O–H groups in total. The Morgan fingerprint density at radius 2 is 2.32 bits per heavy atom. The SMILES string of the molecule is O=C(NCC1CCCO1)N1CCCn2nc(-c3cccnc3)cc2C1. The second-order valence-corrected chi connectivity index (χ2v) is 6.58. The molecular weight excluding hydrogens is 318 g/mol. The summed E-state index contributed by atoms with van der Waals surface area (Å²) in [6, 6.07) is 5.95. The second kappa shape index (κ2) is 7.23. The van der Waals surface area contributed by atoms with E-state index in [9.17, 15) is 4.79 Å². The molecule has 2 aliphatic rings. The van der Waals surface area contributed by atoms with Crippen molar-refractivity contribution in [2.24, 2.45) is 0 Å². The van der Waals surface area contributed by atoms with Crippen LogP contribution in [0.25, 0.3) is 11.3 Å². The number of pyridine rings is 1. The van der Waals surface area contributed by atoms with E-state index in [1.54, 1.807) is 6.20 Å². The summed E-state index contributed by atoms with van der Waals surface area (Å²) in [5.41, 5.74) is 2.96. The number of hydrogen-bond donors (Lipinski definition) is 1. The largest absolute Gasteiger partial charge is 0.376 e. The van der Waals surface area contributed by atoms with Gasteiger partial charge in [0.15, 0.2) is 0 Å². The number of carbonyl (C=O) groups is 1. The Morgan fingerprint density at radius 1 is 1.36 bits per heavy atom. The van der Waals surface area contributed by atoms with Gasteiger partial charge in [-0.2, -0.15) is 5.10 Å². The van der Waals surface area contributed by atoms with Gasteiger partial charge in [0, 0.05) is 44.2 Å². The highest BCUT2D eigenvalue weighted by atomic mass is 16.5. The quantitative estimate of drug-likeness (QED) is 0.927. The highest BCUT2D eigenvalue weighted by molar-refractivity contribution is 5.74. The summed E-state index contributed by atoms with van der Waals surface area (Å²) in [7, 11) is 0. The fraction of sp³-hybridized carbons (Fsp3) is 0.500. The third kappa shape index (κ3) is 3.66. The highest BCUT2D eigenvalue weighted by Gasteiger charge is 2.22. The Morgan fingerprint density at radius 3 is 3.12 bits per heavy atom. The zero-order chi connectivity index (χ0) is 17.1. The minimum atomic E-state index is -0.0203. The van der Waals surface area contributed by atoms with Crippen molar-refractivity contribution in [3.8, 4) is 11.3 Å². The van der Waals surface area contributed by atoms with Gasteiger partial charge in [-0.25, -0.2) is 4.79 Å². The average Bonchev–Trinajstić information content (AvgIpc) is 3.26. The van der Waals surface area contributed by atoms with Gasteiger partial charge in [-0.1, -0.05) is 0 Å². The van der Waals surface area contributed by atoms with Gasteiger partial charge in [-0.05, 0) is 37.5 Å². The van der Waals surface area contributed by atoms with Gasteiger partial charge in [-0.3, -0.25) is 9.67 Å². The van der Waals surface area contributed by atoms with Crippen LogP contribution in [0, 0.1) is 0 Å². The monoisotopic (exact) mass is 341 g/mol. The van der Waals surface area contributed by atoms with Crippen LogP contribution >= 0.6 is 0 Å². The smallest absolute Gasteiger partial charge is 0.317 e. The highest BCUT2D eigenvalue weighted by Crippen LogP contribution is 2.21. The number of nitrogens with zero attached hydrogens (tertiary/aromatic N) is 4. The zero-order valence-electron chi connectivity index (χ0n) is 14.2. The van der Waals surface area contributed by atoms with Crippen LogP contribution in [0.3, 0.4) is 0 Å². The predicted octanol–water partition coefficient (Wildman–Crippen LogP) is 2.04. The average molecular weight is 341 g/mol. The fourth-order valence-electron chi connectivity index (χ4n) is 3.41. The summed E-state index contributed by atoms with van der Waals surface area (Å²) >= 11 is 0. The van der Waals surface area contributed by atoms with Gasteiger partial charge in [0.05, 0.1) is 24.0 Å². The maximum absolute atomic E-state index is 12.5. The summed E-state index contributed by atoms with van der Waals surface area (Å²) in [4.78, 5) is 18.5. The summed E-state index contributed by atoms with van der Waals surface area (Å²) in [6.07, 6.45) is 6.74. The Balaban J connectivity index is 1.43. The molecule has 0 radical (unpaired) electrons. The number of urea groups is 1. The van der Waals surface area contributed by atoms with Crippen molar-refractivity contribution < 1.29 is 9.53 Å². The molecule has 0 spiro atoms. The topological polar surface area (TPSA) is 72.3 Å². The van der Waals surface area contributed by atoms with Crippen LogP contribution in [0.1, 0.15) is 25.0 Å². The molecule has 1 unspecified atom stereocenters. The number of nitrogens with one attached hydrogen (secondary N) is 1. The van der Waals surface area contributed by atoms with E-state index < -0.39 is 0 Å². The molecule has 0 aromatic carbocycles. The van der Waals surface area contributed by atoms with Gasteiger partial charge in [0.25, 0.3) is 0 Å². The van der Waals surface area contributed by atoms with E-state index in [2.05, 4.69) is 21.5 Å². The molecule has 4 rings (SSSR count). The first-order valence-corrected chi connectivity index (χ1v) is 8.91. The number of rotatable bonds is 3. The minimum Gasteiger partial charge on any atom is -0.376 e. The first-order valence-electron chi connectivity index (χ1n) is 8.91. The Hall–Kier alpha value is -2.41. The molecule has 2 aromatic heterocycles. The lowest BCUT2D eigenvalue weighted by Crippen LogP contribution is -2.42. The standard InChI is InChI=1S/C18H23N5O2/c24-18(20-12-16-5-2-9-25-16)22-7-3-8-23-15(13-22)10-17(21-23)14-4-1-6-19-11-14/h1,4,6,10-11,16H,2-3,5,7-9,12-13H2,(H,20,24). The Bertz CT molecular complexity index is 724. The van der Waals surface area contributed by atoms with Crippen LogP contribution in [-0.2, 0) is 17.8 Å². The molecule has 132 valence electrons. The van der Waals surface area contributed by atoms with Gasteiger partial charge < -0.3 is 15.0 Å². The van der Waals surface area contributed by atoms with Crippen LogP contribution in [0.5, 0.6) is 0 Å². The minimum absolute atomic E-state index is 0.0203. The third-order valence-corrected chi connectivity index (χ3v) is 4.76.